The predicted octanol–water partition coefficient (Wildman–Crippen LogP) is 5.95. The lowest BCUT2D eigenvalue weighted by atomic mass is 10.3. The topological polar surface area (TPSA) is 64.1 Å². The first-order valence-corrected chi connectivity index (χ1v) is 11.3. The van der Waals surface area contributed by atoms with Gasteiger partial charge in [-0.2, -0.15) is 0 Å². The molecule has 1 amide bonds. The van der Waals surface area contributed by atoms with E-state index in [1.54, 1.807) is 41.3 Å². The normalized spacial score (nSPS) is 11.2. The van der Waals surface area contributed by atoms with Crippen LogP contribution in [0.5, 0.6) is 5.75 Å². The van der Waals surface area contributed by atoms with E-state index in [0.29, 0.717) is 20.9 Å². The molecule has 0 aliphatic heterocycles. The Bertz CT molecular complexity index is 1160. The molecule has 0 fully saturated rings. The second-order valence-electron chi connectivity index (χ2n) is 5.38. The fourth-order valence-corrected chi connectivity index (χ4v) is 5.52. The average Bonchev–Trinajstić information content (AvgIpc) is 3.23. The molecule has 10 heteroatoms. The van der Waals surface area contributed by atoms with Crippen molar-refractivity contribution in [2.75, 3.05) is 18.2 Å². The van der Waals surface area contributed by atoms with E-state index < -0.39 is 0 Å². The first kappa shape index (κ1) is 18.8. The van der Waals surface area contributed by atoms with Gasteiger partial charge < -0.3 is 4.74 Å². The van der Waals surface area contributed by atoms with E-state index in [1.165, 1.54) is 11.3 Å². The van der Waals surface area contributed by atoms with E-state index in [0.717, 1.165) is 24.8 Å². The van der Waals surface area contributed by atoms with Crippen LogP contribution in [-0.2, 0) is 4.79 Å². The number of fused-ring (bicyclic) bond motifs is 3. The van der Waals surface area contributed by atoms with Crippen molar-refractivity contribution in [3.8, 4) is 5.75 Å². The number of carbonyl (C=O) groups excluding carboxylic acids is 1. The number of thiazole rings is 2. The van der Waals surface area contributed by atoms with E-state index in [-0.39, 0.29) is 12.5 Å². The van der Waals surface area contributed by atoms with Gasteiger partial charge in [-0.05, 0) is 36.6 Å². The van der Waals surface area contributed by atoms with Gasteiger partial charge in [0.05, 0.1) is 25.5 Å². The van der Waals surface area contributed by atoms with Crippen molar-refractivity contribution >= 4 is 89.1 Å². The number of hydrogen-bond acceptors (Lipinski definition) is 7. The summed E-state index contributed by atoms with van der Waals surface area (Å²) in [5.74, 6) is 0.0851. The Hall–Kier alpha value is -1.58. The minimum absolute atomic E-state index is 0.177. The number of carbonyl (C=O) groups is 1. The molecule has 1 N–H and O–H groups in total. The Morgan fingerprint density at radius 2 is 1.89 bits per heavy atom. The highest BCUT2D eigenvalue weighted by atomic mass is 35.5. The highest BCUT2D eigenvalue weighted by molar-refractivity contribution is 8.00. The van der Waals surface area contributed by atoms with Gasteiger partial charge in [0.25, 0.3) is 5.91 Å². The molecule has 5 nitrogen and oxygen atoms in total. The first-order valence-electron chi connectivity index (χ1n) is 7.65. The van der Waals surface area contributed by atoms with Crippen molar-refractivity contribution in [3.05, 3.63) is 40.4 Å². The summed E-state index contributed by atoms with van der Waals surface area (Å²) in [7, 11) is 0. The number of halogens is 2. The van der Waals surface area contributed by atoms with Crippen LogP contribution in [-0.4, -0.2) is 28.7 Å². The number of thioether (sulfide) groups is 1. The lowest BCUT2D eigenvalue weighted by molar-refractivity contribution is -0.118. The highest BCUT2D eigenvalue weighted by Crippen LogP contribution is 2.38. The van der Waals surface area contributed by atoms with Crippen LogP contribution in [0, 0.1) is 0 Å². The third-order valence-corrected chi connectivity index (χ3v) is 7.30. The standard InChI is InChI=1S/C17H11Cl2N3O2S3/c1-25-17-21-11-4-3-10-14(15(11)27-17)26-16(20-10)22-13(23)7-24-12-5-2-8(18)6-9(12)19/h2-6H,7H2,1H3,(H,20,22,23). The largest absolute Gasteiger partial charge is 0.482 e. The number of nitrogens with zero attached hydrogens (tertiary/aromatic N) is 2. The monoisotopic (exact) mass is 455 g/mol. The molecule has 4 rings (SSSR count). The Kier molecular flexibility index (Phi) is 5.43. The van der Waals surface area contributed by atoms with Crippen LogP contribution in [0.2, 0.25) is 10.0 Å². The van der Waals surface area contributed by atoms with Crippen LogP contribution in [0.25, 0.3) is 20.4 Å². The summed E-state index contributed by atoms with van der Waals surface area (Å²) >= 11 is 16.6. The second kappa shape index (κ2) is 7.81. The number of aromatic nitrogens is 2. The summed E-state index contributed by atoms with van der Waals surface area (Å²) < 4.78 is 8.55. The minimum Gasteiger partial charge on any atom is -0.482 e. The van der Waals surface area contributed by atoms with E-state index in [1.807, 2.05) is 18.4 Å². The summed E-state index contributed by atoms with van der Waals surface area (Å²) in [5.41, 5.74) is 1.78. The van der Waals surface area contributed by atoms with E-state index >= 15 is 0 Å². The van der Waals surface area contributed by atoms with Crippen LogP contribution >= 0.6 is 57.6 Å². The maximum Gasteiger partial charge on any atom is 0.264 e. The summed E-state index contributed by atoms with van der Waals surface area (Å²) in [6, 6.07) is 8.70. The van der Waals surface area contributed by atoms with Crippen LogP contribution in [0.3, 0.4) is 0 Å². The summed E-state index contributed by atoms with van der Waals surface area (Å²) in [6.45, 7) is -0.177. The van der Waals surface area contributed by atoms with Crippen molar-refractivity contribution in [1.82, 2.24) is 9.97 Å². The number of amides is 1. The van der Waals surface area contributed by atoms with Crippen molar-refractivity contribution in [2.24, 2.45) is 0 Å². The number of hydrogen-bond donors (Lipinski definition) is 1. The first-order chi connectivity index (χ1) is 13.0. The molecular weight excluding hydrogens is 445 g/mol. The molecule has 0 unspecified atom stereocenters. The van der Waals surface area contributed by atoms with E-state index in [2.05, 4.69) is 15.3 Å². The fraction of sp³-hybridized carbons (Fsp3) is 0.118. The van der Waals surface area contributed by atoms with Crippen molar-refractivity contribution in [1.29, 1.82) is 0 Å². The van der Waals surface area contributed by atoms with Gasteiger partial charge in [-0.1, -0.05) is 46.3 Å². The molecule has 0 radical (unpaired) electrons. The van der Waals surface area contributed by atoms with E-state index in [9.17, 15) is 4.79 Å². The molecule has 0 aliphatic rings. The van der Waals surface area contributed by atoms with Crippen LogP contribution in [0.15, 0.2) is 34.7 Å². The molecule has 0 aliphatic carbocycles. The van der Waals surface area contributed by atoms with E-state index in [4.69, 9.17) is 27.9 Å². The third-order valence-electron chi connectivity index (χ3n) is 3.57. The number of anilines is 1. The van der Waals surface area contributed by atoms with Crippen molar-refractivity contribution in [2.45, 2.75) is 4.34 Å². The molecule has 0 atom stereocenters. The van der Waals surface area contributed by atoms with Crippen LogP contribution in [0.1, 0.15) is 0 Å². The maximum absolute atomic E-state index is 12.2. The zero-order chi connectivity index (χ0) is 19.0. The molecule has 2 aromatic heterocycles. The molecule has 0 bridgehead atoms. The molecule has 2 heterocycles. The van der Waals surface area contributed by atoms with Crippen LogP contribution < -0.4 is 10.1 Å². The molecule has 0 saturated carbocycles. The van der Waals surface area contributed by atoms with Crippen molar-refractivity contribution < 1.29 is 9.53 Å². The lowest BCUT2D eigenvalue weighted by Crippen LogP contribution is -2.20. The van der Waals surface area contributed by atoms with Gasteiger partial charge >= 0.3 is 0 Å². The summed E-state index contributed by atoms with van der Waals surface area (Å²) in [6.07, 6.45) is 2.00. The van der Waals surface area contributed by atoms with Gasteiger partial charge in [0.1, 0.15) is 5.75 Å². The molecule has 2 aromatic carbocycles. The molecule has 4 aromatic rings. The Balaban J connectivity index is 1.50. The summed E-state index contributed by atoms with van der Waals surface area (Å²) in [4.78, 5) is 21.2. The molecular formula is C17H11Cl2N3O2S3. The summed E-state index contributed by atoms with van der Waals surface area (Å²) in [5, 5.41) is 4.15. The maximum atomic E-state index is 12.2. The van der Waals surface area contributed by atoms with Crippen LogP contribution in [0.4, 0.5) is 5.13 Å². The Morgan fingerprint density at radius 3 is 2.63 bits per heavy atom. The molecule has 0 spiro atoms. The molecule has 138 valence electrons. The highest BCUT2D eigenvalue weighted by Gasteiger charge is 2.14. The zero-order valence-electron chi connectivity index (χ0n) is 13.8. The fourth-order valence-electron chi connectivity index (χ4n) is 2.38. The quantitative estimate of drug-likeness (QED) is 0.376. The van der Waals surface area contributed by atoms with Gasteiger partial charge in [0.2, 0.25) is 0 Å². The van der Waals surface area contributed by atoms with Gasteiger partial charge in [-0.15, -0.1) is 11.3 Å². The minimum atomic E-state index is -0.314. The number of nitrogens with one attached hydrogen (secondary N) is 1. The molecule has 27 heavy (non-hydrogen) atoms. The third kappa shape index (κ3) is 4.00. The van der Waals surface area contributed by atoms with Gasteiger partial charge in [0, 0.05) is 5.02 Å². The average molecular weight is 456 g/mol. The number of rotatable bonds is 5. The SMILES string of the molecule is CSc1nc2ccc3nc(NC(=O)COc4ccc(Cl)cc4Cl)sc3c2s1. The van der Waals surface area contributed by atoms with Gasteiger partial charge in [-0.3, -0.25) is 10.1 Å². The Morgan fingerprint density at radius 1 is 1.15 bits per heavy atom. The zero-order valence-corrected chi connectivity index (χ0v) is 17.7. The number of ether oxygens (including phenoxy) is 1. The predicted molar refractivity (Wildman–Crippen MR) is 115 cm³/mol. The van der Waals surface area contributed by atoms with Gasteiger partial charge in [0.15, 0.2) is 16.1 Å². The smallest absolute Gasteiger partial charge is 0.264 e. The second-order valence-corrected chi connectivity index (χ2v) is 9.27. The van der Waals surface area contributed by atoms with Gasteiger partial charge in [-0.25, -0.2) is 9.97 Å². The Labute approximate surface area is 176 Å². The number of benzene rings is 2. The van der Waals surface area contributed by atoms with Crippen molar-refractivity contribution in [3.63, 3.8) is 0 Å². The molecule has 0 saturated heterocycles. The lowest BCUT2D eigenvalue weighted by Gasteiger charge is -2.07.